The van der Waals surface area contributed by atoms with Crippen LogP contribution in [0, 0.1) is 11.6 Å². The molecule has 0 atom stereocenters. The van der Waals surface area contributed by atoms with E-state index in [1.165, 1.54) is 35.2 Å². The van der Waals surface area contributed by atoms with Gasteiger partial charge in [-0.15, -0.1) is 0 Å². The standard InChI is InChI=1S/C17H11F2NO/c1-11-15(14-7-2-3-8-16(14)19)10-17(21)20(11)13-6-4-5-12(18)9-13/h2-10H,1H2. The van der Waals surface area contributed by atoms with E-state index in [0.717, 1.165) is 0 Å². The molecule has 1 heterocycles. The lowest BCUT2D eigenvalue weighted by Crippen LogP contribution is -2.23. The maximum atomic E-state index is 13.9. The highest BCUT2D eigenvalue weighted by Gasteiger charge is 2.29. The Hall–Kier alpha value is -2.75. The maximum absolute atomic E-state index is 13.9. The number of hydrogen-bond donors (Lipinski definition) is 0. The predicted molar refractivity (Wildman–Crippen MR) is 77.4 cm³/mol. The van der Waals surface area contributed by atoms with Gasteiger partial charge >= 0.3 is 0 Å². The van der Waals surface area contributed by atoms with Gasteiger partial charge in [0.05, 0.1) is 11.4 Å². The number of carbonyl (C=O) groups is 1. The summed E-state index contributed by atoms with van der Waals surface area (Å²) < 4.78 is 27.2. The molecule has 0 aliphatic carbocycles. The van der Waals surface area contributed by atoms with Crippen molar-refractivity contribution in [2.45, 2.75) is 0 Å². The van der Waals surface area contributed by atoms with Crippen molar-refractivity contribution in [2.75, 3.05) is 4.90 Å². The van der Waals surface area contributed by atoms with Gasteiger partial charge in [-0.05, 0) is 24.3 Å². The molecule has 1 amide bonds. The Kier molecular flexibility index (Phi) is 3.14. The van der Waals surface area contributed by atoms with E-state index in [1.807, 2.05) is 0 Å². The average Bonchev–Trinajstić information content (AvgIpc) is 2.74. The van der Waals surface area contributed by atoms with Crippen LogP contribution in [0.4, 0.5) is 14.5 Å². The van der Waals surface area contributed by atoms with E-state index in [2.05, 4.69) is 6.58 Å². The number of carbonyl (C=O) groups excluding carboxylic acids is 1. The Balaban J connectivity index is 2.02. The Morgan fingerprint density at radius 1 is 1.00 bits per heavy atom. The van der Waals surface area contributed by atoms with Crippen LogP contribution in [0.1, 0.15) is 5.56 Å². The molecule has 1 aliphatic rings. The van der Waals surface area contributed by atoms with Gasteiger partial charge in [-0.25, -0.2) is 8.78 Å². The van der Waals surface area contributed by atoms with E-state index < -0.39 is 11.6 Å². The second-order valence-electron chi connectivity index (χ2n) is 4.64. The highest BCUT2D eigenvalue weighted by molar-refractivity contribution is 6.17. The minimum Gasteiger partial charge on any atom is -0.277 e. The molecule has 0 fully saturated rings. The van der Waals surface area contributed by atoms with Crippen molar-refractivity contribution in [1.82, 2.24) is 0 Å². The minimum atomic E-state index is -0.451. The van der Waals surface area contributed by atoms with Gasteiger partial charge in [0.25, 0.3) is 5.91 Å². The Bertz CT molecular complexity index is 780. The third-order valence-electron chi connectivity index (χ3n) is 3.30. The van der Waals surface area contributed by atoms with Crippen molar-refractivity contribution in [1.29, 1.82) is 0 Å². The molecule has 0 radical (unpaired) electrons. The van der Waals surface area contributed by atoms with Crippen LogP contribution in [0.25, 0.3) is 5.57 Å². The third-order valence-corrected chi connectivity index (χ3v) is 3.30. The zero-order valence-corrected chi connectivity index (χ0v) is 11.0. The number of amides is 1. The zero-order chi connectivity index (χ0) is 15.0. The van der Waals surface area contributed by atoms with Crippen LogP contribution in [0.2, 0.25) is 0 Å². The summed E-state index contributed by atoms with van der Waals surface area (Å²) in [5, 5.41) is 0. The maximum Gasteiger partial charge on any atom is 0.256 e. The van der Waals surface area contributed by atoms with Gasteiger partial charge in [-0.3, -0.25) is 9.69 Å². The lowest BCUT2D eigenvalue weighted by molar-refractivity contribution is -0.113. The van der Waals surface area contributed by atoms with Crippen LogP contribution >= 0.6 is 0 Å². The van der Waals surface area contributed by atoms with Crippen molar-refractivity contribution in [2.24, 2.45) is 0 Å². The molecule has 0 unspecified atom stereocenters. The Morgan fingerprint density at radius 3 is 2.48 bits per heavy atom. The van der Waals surface area contributed by atoms with Crippen molar-refractivity contribution < 1.29 is 13.6 Å². The number of hydrogen-bond acceptors (Lipinski definition) is 1. The highest BCUT2D eigenvalue weighted by Crippen LogP contribution is 2.35. The number of anilines is 1. The van der Waals surface area contributed by atoms with E-state index in [1.54, 1.807) is 24.3 Å². The number of benzene rings is 2. The second-order valence-corrected chi connectivity index (χ2v) is 4.64. The number of nitrogens with zero attached hydrogens (tertiary/aromatic N) is 1. The van der Waals surface area contributed by atoms with Gasteiger partial charge in [-0.2, -0.15) is 0 Å². The summed E-state index contributed by atoms with van der Waals surface area (Å²) in [6.07, 6.45) is 1.31. The molecular weight excluding hydrogens is 272 g/mol. The summed E-state index contributed by atoms with van der Waals surface area (Å²) in [6.45, 7) is 3.84. The summed E-state index contributed by atoms with van der Waals surface area (Å²) >= 11 is 0. The normalized spacial score (nSPS) is 14.6. The van der Waals surface area contributed by atoms with Crippen LogP contribution in [0.15, 0.2) is 66.9 Å². The molecule has 0 spiro atoms. The minimum absolute atomic E-state index is 0.301. The van der Waals surface area contributed by atoms with Crippen molar-refractivity contribution in [3.63, 3.8) is 0 Å². The Morgan fingerprint density at radius 2 is 1.76 bits per heavy atom. The van der Waals surface area contributed by atoms with Gasteiger partial charge in [0.1, 0.15) is 11.6 Å². The van der Waals surface area contributed by atoms with E-state index in [4.69, 9.17) is 0 Å². The van der Waals surface area contributed by atoms with Crippen molar-refractivity contribution in [3.8, 4) is 0 Å². The molecular formula is C17H11F2NO. The smallest absolute Gasteiger partial charge is 0.256 e. The quantitative estimate of drug-likeness (QED) is 0.818. The summed E-state index contributed by atoms with van der Waals surface area (Å²) in [7, 11) is 0. The first-order chi connectivity index (χ1) is 10.1. The fraction of sp³-hybridized carbons (Fsp3) is 0. The van der Waals surface area contributed by atoms with Crippen molar-refractivity contribution >= 4 is 17.2 Å². The SMILES string of the molecule is C=C1C(c2ccccc2F)=CC(=O)N1c1cccc(F)c1. The number of halogens is 2. The predicted octanol–water partition coefficient (Wildman–Crippen LogP) is 3.91. The first-order valence-corrected chi connectivity index (χ1v) is 6.33. The van der Waals surface area contributed by atoms with Crippen LogP contribution in [-0.2, 0) is 4.79 Å². The van der Waals surface area contributed by atoms with Crippen LogP contribution < -0.4 is 4.90 Å². The molecule has 0 aromatic heterocycles. The highest BCUT2D eigenvalue weighted by atomic mass is 19.1. The Labute approximate surface area is 120 Å². The molecule has 21 heavy (non-hydrogen) atoms. The fourth-order valence-corrected chi connectivity index (χ4v) is 2.34. The monoisotopic (exact) mass is 283 g/mol. The molecule has 0 saturated carbocycles. The first-order valence-electron chi connectivity index (χ1n) is 6.33. The molecule has 0 saturated heterocycles. The molecule has 0 bridgehead atoms. The fourth-order valence-electron chi connectivity index (χ4n) is 2.34. The largest absolute Gasteiger partial charge is 0.277 e. The first kappa shape index (κ1) is 13.2. The lowest BCUT2D eigenvalue weighted by Gasteiger charge is -2.19. The van der Waals surface area contributed by atoms with Gasteiger partial charge in [0.15, 0.2) is 0 Å². The van der Waals surface area contributed by atoms with Gasteiger partial charge < -0.3 is 0 Å². The average molecular weight is 283 g/mol. The summed E-state index contributed by atoms with van der Waals surface area (Å²) in [5.74, 6) is -1.25. The molecule has 2 aromatic rings. The lowest BCUT2D eigenvalue weighted by atomic mass is 10.0. The molecule has 0 N–H and O–H groups in total. The van der Waals surface area contributed by atoms with Crippen molar-refractivity contribution in [3.05, 3.63) is 84.1 Å². The summed E-state index contributed by atoms with van der Waals surface area (Å²) in [6, 6.07) is 11.8. The third kappa shape index (κ3) is 2.25. The molecule has 104 valence electrons. The zero-order valence-electron chi connectivity index (χ0n) is 11.0. The molecule has 3 rings (SSSR count). The van der Waals surface area contributed by atoms with Crippen LogP contribution in [0.5, 0.6) is 0 Å². The van der Waals surface area contributed by atoms with Crippen LogP contribution in [0.3, 0.4) is 0 Å². The molecule has 1 aliphatic heterocycles. The number of allylic oxidation sites excluding steroid dienone is 1. The van der Waals surface area contributed by atoms with Gasteiger partial charge in [0.2, 0.25) is 0 Å². The van der Waals surface area contributed by atoms with Gasteiger partial charge in [0, 0.05) is 17.2 Å². The van der Waals surface area contributed by atoms with Crippen LogP contribution in [-0.4, -0.2) is 5.91 Å². The molecule has 2 nitrogen and oxygen atoms in total. The topological polar surface area (TPSA) is 20.3 Å². The molecule has 4 heteroatoms. The summed E-state index contributed by atoms with van der Waals surface area (Å²) in [4.78, 5) is 13.4. The van der Waals surface area contributed by atoms with E-state index >= 15 is 0 Å². The molecule has 2 aromatic carbocycles. The van der Waals surface area contributed by atoms with E-state index in [0.29, 0.717) is 22.5 Å². The van der Waals surface area contributed by atoms with E-state index in [-0.39, 0.29) is 5.91 Å². The number of rotatable bonds is 2. The summed E-state index contributed by atoms with van der Waals surface area (Å²) in [5.41, 5.74) is 1.40. The van der Waals surface area contributed by atoms with Gasteiger partial charge in [-0.1, -0.05) is 30.8 Å². The van der Waals surface area contributed by atoms with E-state index in [9.17, 15) is 13.6 Å². The second kappa shape index (κ2) is 4.98.